The minimum absolute atomic E-state index is 0.149. The monoisotopic (exact) mass is 654 g/mol. The summed E-state index contributed by atoms with van der Waals surface area (Å²) in [4.78, 5) is 15.0. The van der Waals surface area contributed by atoms with E-state index in [1.54, 1.807) is 7.11 Å². The Balaban J connectivity index is 4.13. The molecule has 0 aliphatic carbocycles. The van der Waals surface area contributed by atoms with E-state index in [9.17, 15) is 4.79 Å². The highest BCUT2D eigenvalue weighted by Crippen LogP contribution is 2.12. The number of nitrogens with zero attached hydrogens (tertiary/aromatic N) is 1. The first-order chi connectivity index (χ1) is 22.7. The molecule has 0 bridgehead atoms. The number of unbranched alkanes of at least 4 members (excludes halogenated alkanes) is 13. The largest absolute Gasteiger partial charge is 0.466 e. The minimum Gasteiger partial charge on any atom is -0.466 e. The second-order valence-corrected chi connectivity index (χ2v) is 12.5. The van der Waals surface area contributed by atoms with Crippen molar-refractivity contribution >= 4 is 5.97 Å². The van der Waals surface area contributed by atoms with Crippen LogP contribution in [0.1, 0.15) is 155 Å². The summed E-state index contributed by atoms with van der Waals surface area (Å²) in [6.07, 6.45) is 31.8. The standard InChI is InChI=1S/C39H75NO6/c1-4-6-8-10-17-26-36-45-39(46-37-27-18-11-9-7-5-2)29-28-38(42)44-35-25-19-13-15-21-31-40(32-22-23-33-41)30-20-14-12-16-24-34-43-3/h6-9,39,41H,4-5,10-37H2,1-3H3/b8-6-,9-7-. The Morgan fingerprint density at radius 2 is 1.09 bits per heavy atom. The number of esters is 1. The van der Waals surface area contributed by atoms with Gasteiger partial charge in [0, 0.05) is 40.0 Å². The number of rotatable bonds is 37. The molecule has 7 heteroatoms. The van der Waals surface area contributed by atoms with Crippen molar-refractivity contribution < 1.29 is 28.8 Å². The van der Waals surface area contributed by atoms with Crippen LogP contribution in [0.25, 0.3) is 0 Å². The molecule has 0 saturated heterocycles. The van der Waals surface area contributed by atoms with Crippen molar-refractivity contribution in [3.8, 4) is 0 Å². The molecule has 0 heterocycles. The maximum atomic E-state index is 12.4. The van der Waals surface area contributed by atoms with Crippen LogP contribution in [0.3, 0.4) is 0 Å². The predicted molar refractivity (Wildman–Crippen MR) is 193 cm³/mol. The molecular formula is C39H75NO6. The number of methoxy groups -OCH3 is 1. The zero-order chi connectivity index (χ0) is 33.6. The lowest BCUT2D eigenvalue weighted by atomic mass is 10.1. The van der Waals surface area contributed by atoms with E-state index in [4.69, 9.17) is 24.1 Å². The number of hydrogen-bond donors (Lipinski definition) is 1. The lowest BCUT2D eigenvalue weighted by molar-refractivity contribution is -0.159. The molecule has 0 spiro atoms. The molecule has 0 saturated carbocycles. The van der Waals surface area contributed by atoms with Crippen LogP contribution in [-0.4, -0.2) is 82.0 Å². The molecule has 1 N–H and O–H groups in total. The summed E-state index contributed by atoms with van der Waals surface area (Å²) in [7, 11) is 1.77. The van der Waals surface area contributed by atoms with Crippen LogP contribution >= 0.6 is 0 Å². The van der Waals surface area contributed by atoms with Crippen LogP contribution in [0, 0.1) is 0 Å². The van der Waals surface area contributed by atoms with Gasteiger partial charge in [0.05, 0.1) is 13.0 Å². The van der Waals surface area contributed by atoms with Crippen LogP contribution in [0.4, 0.5) is 0 Å². The van der Waals surface area contributed by atoms with E-state index in [1.165, 1.54) is 44.9 Å². The summed E-state index contributed by atoms with van der Waals surface area (Å²) in [5.41, 5.74) is 0. The van der Waals surface area contributed by atoms with Gasteiger partial charge in [0.15, 0.2) is 6.29 Å². The Morgan fingerprint density at radius 3 is 1.61 bits per heavy atom. The van der Waals surface area contributed by atoms with E-state index in [1.807, 2.05) is 0 Å². The highest BCUT2D eigenvalue weighted by molar-refractivity contribution is 5.69. The number of aliphatic hydroxyl groups is 1. The van der Waals surface area contributed by atoms with Crippen molar-refractivity contribution in [2.75, 3.05) is 59.8 Å². The Hall–Kier alpha value is -1.25. The molecule has 0 aromatic heterocycles. The molecule has 0 aliphatic rings. The third-order valence-electron chi connectivity index (χ3n) is 8.11. The number of ether oxygens (including phenoxy) is 4. The van der Waals surface area contributed by atoms with E-state index >= 15 is 0 Å². The Morgan fingerprint density at radius 1 is 0.609 bits per heavy atom. The number of hydrogen-bond acceptors (Lipinski definition) is 7. The van der Waals surface area contributed by atoms with E-state index in [2.05, 4.69) is 43.1 Å². The van der Waals surface area contributed by atoms with Gasteiger partial charge in [0.1, 0.15) is 0 Å². The first kappa shape index (κ1) is 44.8. The van der Waals surface area contributed by atoms with Crippen molar-refractivity contribution in [2.24, 2.45) is 0 Å². The van der Waals surface area contributed by atoms with Gasteiger partial charge in [-0.05, 0) is 110 Å². The van der Waals surface area contributed by atoms with Crippen LogP contribution in [0.2, 0.25) is 0 Å². The van der Waals surface area contributed by atoms with Gasteiger partial charge in [-0.25, -0.2) is 0 Å². The molecule has 0 rings (SSSR count). The molecule has 0 amide bonds. The normalized spacial score (nSPS) is 12.0. The van der Waals surface area contributed by atoms with E-state index in [-0.39, 0.29) is 18.9 Å². The fraction of sp³-hybridized carbons (Fsp3) is 0.872. The molecule has 0 atom stereocenters. The van der Waals surface area contributed by atoms with Crippen molar-refractivity contribution in [2.45, 2.75) is 161 Å². The zero-order valence-corrected chi connectivity index (χ0v) is 30.5. The van der Waals surface area contributed by atoms with Crippen LogP contribution in [0.15, 0.2) is 24.3 Å². The average Bonchev–Trinajstić information content (AvgIpc) is 3.06. The smallest absolute Gasteiger partial charge is 0.305 e. The van der Waals surface area contributed by atoms with Gasteiger partial charge in [-0.2, -0.15) is 0 Å². The molecular weight excluding hydrogens is 578 g/mol. The maximum absolute atomic E-state index is 12.4. The fourth-order valence-corrected chi connectivity index (χ4v) is 5.30. The second kappa shape index (κ2) is 38.2. The predicted octanol–water partition coefficient (Wildman–Crippen LogP) is 9.56. The first-order valence-electron chi connectivity index (χ1n) is 19.2. The van der Waals surface area contributed by atoms with E-state index in [0.29, 0.717) is 32.7 Å². The Kier molecular flexibility index (Phi) is 37.2. The summed E-state index contributed by atoms with van der Waals surface area (Å²) in [6, 6.07) is 0. The molecule has 0 aromatic rings. The SMILES string of the molecule is CC/C=C\CCCCOC(CCC(=O)OCCCCCCCN(CCCCO)CCCCCCCOC)OCCCC/C=C\CC. The van der Waals surface area contributed by atoms with Crippen LogP contribution < -0.4 is 0 Å². The average molecular weight is 654 g/mol. The highest BCUT2D eigenvalue weighted by Gasteiger charge is 2.13. The molecule has 0 unspecified atom stereocenters. The number of carbonyl (C=O) groups excluding carboxylic acids is 1. The molecule has 0 aliphatic heterocycles. The third kappa shape index (κ3) is 34.1. The van der Waals surface area contributed by atoms with Crippen molar-refractivity contribution in [3.05, 3.63) is 24.3 Å². The van der Waals surface area contributed by atoms with Crippen LogP contribution in [-0.2, 0) is 23.7 Å². The summed E-state index contributed by atoms with van der Waals surface area (Å²) < 4.78 is 22.7. The zero-order valence-electron chi connectivity index (χ0n) is 30.5. The fourth-order valence-electron chi connectivity index (χ4n) is 5.30. The van der Waals surface area contributed by atoms with Crippen molar-refractivity contribution in [3.63, 3.8) is 0 Å². The topological polar surface area (TPSA) is 77.5 Å². The van der Waals surface area contributed by atoms with Gasteiger partial charge in [-0.15, -0.1) is 0 Å². The summed E-state index contributed by atoms with van der Waals surface area (Å²) in [5, 5.41) is 9.16. The van der Waals surface area contributed by atoms with Gasteiger partial charge < -0.3 is 29.0 Å². The molecule has 7 nitrogen and oxygen atoms in total. The number of carbonyl (C=O) groups is 1. The second-order valence-electron chi connectivity index (χ2n) is 12.5. The third-order valence-corrected chi connectivity index (χ3v) is 8.11. The summed E-state index contributed by atoms with van der Waals surface area (Å²) in [5.74, 6) is -0.149. The number of aliphatic hydroxyl groups excluding tert-OH is 1. The van der Waals surface area contributed by atoms with Gasteiger partial charge in [0.25, 0.3) is 0 Å². The molecule has 0 fully saturated rings. The maximum Gasteiger partial charge on any atom is 0.305 e. The van der Waals surface area contributed by atoms with Gasteiger partial charge in [0.2, 0.25) is 0 Å². The minimum atomic E-state index is -0.339. The molecule has 0 radical (unpaired) electrons. The van der Waals surface area contributed by atoms with Gasteiger partial charge in [-0.1, -0.05) is 76.7 Å². The summed E-state index contributed by atoms with van der Waals surface area (Å²) in [6.45, 7) is 10.7. The van der Waals surface area contributed by atoms with Gasteiger partial charge >= 0.3 is 5.97 Å². The van der Waals surface area contributed by atoms with Crippen molar-refractivity contribution in [1.82, 2.24) is 4.90 Å². The molecule has 46 heavy (non-hydrogen) atoms. The van der Waals surface area contributed by atoms with Crippen molar-refractivity contribution in [1.29, 1.82) is 0 Å². The Bertz CT molecular complexity index is 647. The van der Waals surface area contributed by atoms with Gasteiger partial charge in [-0.3, -0.25) is 4.79 Å². The lowest BCUT2D eigenvalue weighted by Crippen LogP contribution is -2.27. The molecule has 272 valence electrons. The van der Waals surface area contributed by atoms with E-state index in [0.717, 1.165) is 110 Å². The summed E-state index contributed by atoms with van der Waals surface area (Å²) >= 11 is 0. The van der Waals surface area contributed by atoms with E-state index < -0.39 is 0 Å². The van der Waals surface area contributed by atoms with Crippen LogP contribution in [0.5, 0.6) is 0 Å². The Labute approximate surface area is 284 Å². The quantitative estimate of drug-likeness (QED) is 0.0310. The first-order valence-corrected chi connectivity index (χ1v) is 19.2. The highest BCUT2D eigenvalue weighted by atomic mass is 16.7. The molecule has 0 aromatic carbocycles. The lowest BCUT2D eigenvalue weighted by Gasteiger charge is -2.22. The number of allylic oxidation sites excluding steroid dienone is 4.